The number of hydrogen-bond donors (Lipinski definition) is 1. The van der Waals surface area contributed by atoms with Crippen molar-refractivity contribution in [1.29, 1.82) is 0 Å². The van der Waals surface area contributed by atoms with Crippen molar-refractivity contribution in [2.24, 2.45) is 5.10 Å². The van der Waals surface area contributed by atoms with Crippen LogP contribution in [0.1, 0.15) is 5.56 Å². The summed E-state index contributed by atoms with van der Waals surface area (Å²) < 4.78 is 10.3. The molecule has 0 fully saturated rings. The number of benzene rings is 2. The van der Waals surface area contributed by atoms with E-state index >= 15 is 0 Å². The molecule has 0 aliphatic rings. The van der Waals surface area contributed by atoms with Crippen LogP contribution in [-0.2, 0) is 4.79 Å². The Balaban J connectivity index is 1.81. The van der Waals surface area contributed by atoms with Gasteiger partial charge in [-0.25, -0.2) is 5.43 Å². The fourth-order valence-electron chi connectivity index (χ4n) is 1.75. The summed E-state index contributed by atoms with van der Waals surface area (Å²) in [6, 6.07) is 12.7. The van der Waals surface area contributed by atoms with Crippen molar-refractivity contribution < 1.29 is 19.2 Å². The Kier molecular flexibility index (Phi) is 5.84. The molecule has 1 amide bonds. The van der Waals surface area contributed by atoms with Gasteiger partial charge in [-0.05, 0) is 24.3 Å². The van der Waals surface area contributed by atoms with Gasteiger partial charge in [-0.1, -0.05) is 12.1 Å². The van der Waals surface area contributed by atoms with E-state index in [1.54, 1.807) is 37.4 Å². The molecule has 0 aliphatic heterocycles. The number of nitrogens with one attached hydrogen (secondary N) is 1. The first-order chi connectivity index (χ1) is 11.6. The van der Waals surface area contributed by atoms with E-state index in [0.29, 0.717) is 17.1 Å². The lowest BCUT2D eigenvalue weighted by Gasteiger charge is -2.05. The van der Waals surface area contributed by atoms with E-state index in [4.69, 9.17) is 9.47 Å². The smallest absolute Gasteiger partial charge is 0.277 e. The molecule has 0 radical (unpaired) electrons. The maximum atomic E-state index is 11.6. The van der Waals surface area contributed by atoms with E-state index in [1.165, 1.54) is 24.4 Å². The summed E-state index contributed by atoms with van der Waals surface area (Å²) in [5.41, 5.74) is 2.74. The van der Waals surface area contributed by atoms with Crippen LogP contribution in [0.3, 0.4) is 0 Å². The summed E-state index contributed by atoms with van der Waals surface area (Å²) in [5.74, 6) is 0.759. The van der Waals surface area contributed by atoms with Crippen molar-refractivity contribution in [1.82, 2.24) is 5.43 Å². The van der Waals surface area contributed by atoms with Crippen LogP contribution in [-0.4, -0.2) is 30.8 Å². The molecule has 1 N–H and O–H groups in total. The predicted molar refractivity (Wildman–Crippen MR) is 87.3 cm³/mol. The van der Waals surface area contributed by atoms with Gasteiger partial charge in [-0.2, -0.15) is 5.10 Å². The van der Waals surface area contributed by atoms with Crippen molar-refractivity contribution >= 4 is 17.8 Å². The molecular formula is C16H15N3O5. The van der Waals surface area contributed by atoms with E-state index in [2.05, 4.69) is 10.5 Å². The number of carbonyl (C=O) groups excluding carboxylic acids is 1. The average Bonchev–Trinajstić information content (AvgIpc) is 2.60. The fourth-order valence-corrected chi connectivity index (χ4v) is 1.75. The number of hydrazone groups is 1. The number of methoxy groups -OCH3 is 1. The molecule has 2 aromatic carbocycles. The minimum atomic E-state index is -0.501. The van der Waals surface area contributed by atoms with Gasteiger partial charge in [0, 0.05) is 17.7 Å². The van der Waals surface area contributed by atoms with Crippen LogP contribution in [0.25, 0.3) is 0 Å². The zero-order valence-corrected chi connectivity index (χ0v) is 12.8. The SMILES string of the molecule is COc1ccc(OCC(=O)N/N=C\c2cccc([N+](=O)[O-])c2)cc1. The van der Waals surface area contributed by atoms with Gasteiger partial charge >= 0.3 is 0 Å². The maximum Gasteiger partial charge on any atom is 0.277 e. The molecule has 0 spiro atoms. The monoisotopic (exact) mass is 329 g/mol. The second-order valence-electron chi connectivity index (χ2n) is 4.61. The lowest BCUT2D eigenvalue weighted by Crippen LogP contribution is -2.24. The first-order valence-corrected chi connectivity index (χ1v) is 6.91. The van der Waals surface area contributed by atoms with Crippen molar-refractivity contribution in [2.45, 2.75) is 0 Å². The first-order valence-electron chi connectivity index (χ1n) is 6.91. The molecule has 0 aromatic heterocycles. The summed E-state index contributed by atoms with van der Waals surface area (Å²) in [6.07, 6.45) is 1.32. The first kappa shape index (κ1) is 16.9. The van der Waals surface area contributed by atoms with Crippen LogP contribution in [0, 0.1) is 10.1 Å². The lowest BCUT2D eigenvalue weighted by atomic mass is 10.2. The highest BCUT2D eigenvalue weighted by Gasteiger charge is 2.05. The molecule has 8 nitrogen and oxygen atoms in total. The van der Waals surface area contributed by atoms with Gasteiger partial charge < -0.3 is 9.47 Å². The van der Waals surface area contributed by atoms with E-state index in [1.807, 2.05) is 0 Å². The highest BCUT2D eigenvalue weighted by molar-refractivity contribution is 5.83. The van der Waals surface area contributed by atoms with Crippen LogP contribution >= 0.6 is 0 Å². The number of rotatable bonds is 7. The number of nitro groups is 1. The standard InChI is InChI=1S/C16H15N3O5/c1-23-14-5-7-15(8-6-14)24-11-16(20)18-17-10-12-3-2-4-13(9-12)19(21)22/h2-10H,11H2,1H3,(H,18,20)/b17-10-. The molecule has 2 aromatic rings. The number of nitro benzene ring substituents is 1. The van der Waals surface area contributed by atoms with Crippen molar-refractivity contribution in [3.8, 4) is 11.5 Å². The van der Waals surface area contributed by atoms with E-state index in [0.717, 1.165) is 0 Å². The fraction of sp³-hybridized carbons (Fsp3) is 0.125. The molecule has 0 aliphatic carbocycles. The molecular weight excluding hydrogens is 314 g/mol. The Morgan fingerprint density at radius 2 is 1.96 bits per heavy atom. The Labute approximate surface area is 137 Å². The largest absolute Gasteiger partial charge is 0.497 e. The number of carbonyl (C=O) groups is 1. The van der Waals surface area contributed by atoms with Crippen molar-refractivity contribution in [3.05, 3.63) is 64.2 Å². The van der Waals surface area contributed by atoms with Crippen LogP contribution in [0.2, 0.25) is 0 Å². The molecule has 24 heavy (non-hydrogen) atoms. The minimum absolute atomic E-state index is 0.0480. The normalized spacial score (nSPS) is 10.4. The van der Waals surface area contributed by atoms with Crippen molar-refractivity contribution in [3.63, 3.8) is 0 Å². The quantitative estimate of drug-likeness (QED) is 0.476. The summed E-state index contributed by atoms with van der Waals surface area (Å²) in [4.78, 5) is 21.8. The zero-order valence-electron chi connectivity index (χ0n) is 12.8. The molecule has 0 saturated carbocycles. The van der Waals surface area contributed by atoms with Crippen LogP contribution in [0.4, 0.5) is 5.69 Å². The second-order valence-corrected chi connectivity index (χ2v) is 4.61. The van der Waals surface area contributed by atoms with Gasteiger partial charge in [0.2, 0.25) is 0 Å². The Morgan fingerprint density at radius 1 is 1.25 bits per heavy atom. The summed E-state index contributed by atoms with van der Waals surface area (Å²) in [6.45, 7) is -0.210. The molecule has 0 saturated heterocycles. The summed E-state index contributed by atoms with van der Waals surface area (Å²) >= 11 is 0. The molecule has 8 heteroatoms. The van der Waals surface area contributed by atoms with E-state index in [-0.39, 0.29) is 12.3 Å². The van der Waals surface area contributed by atoms with Crippen LogP contribution < -0.4 is 14.9 Å². The third-order valence-electron chi connectivity index (χ3n) is 2.91. The van der Waals surface area contributed by atoms with Crippen molar-refractivity contribution in [2.75, 3.05) is 13.7 Å². The summed E-state index contributed by atoms with van der Waals surface area (Å²) in [5, 5.41) is 14.4. The maximum absolute atomic E-state index is 11.6. The third kappa shape index (κ3) is 5.09. The second kappa shape index (κ2) is 8.28. The topological polar surface area (TPSA) is 103 Å². The Hall–Kier alpha value is -3.42. The predicted octanol–water partition coefficient (Wildman–Crippen LogP) is 2.13. The molecule has 0 atom stereocenters. The molecule has 124 valence electrons. The number of amides is 1. The number of nitrogens with zero attached hydrogens (tertiary/aromatic N) is 2. The highest BCUT2D eigenvalue weighted by Crippen LogP contribution is 2.16. The van der Waals surface area contributed by atoms with Gasteiger partial charge in [-0.15, -0.1) is 0 Å². The lowest BCUT2D eigenvalue weighted by molar-refractivity contribution is -0.384. The molecule has 0 bridgehead atoms. The number of hydrogen-bond acceptors (Lipinski definition) is 6. The molecule has 2 rings (SSSR count). The van der Waals surface area contributed by atoms with Crippen LogP contribution in [0.5, 0.6) is 11.5 Å². The zero-order chi connectivity index (χ0) is 17.4. The average molecular weight is 329 g/mol. The Morgan fingerprint density at radius 3 is 2.62 bits per heavy atom. The molecule has 0 unspecified atom stereocenters. The summed E-state index contributed by atoms with van der Waals surface area (Å²) in [7, 11) is 1.56. The number of ether oxygens (including phenoxy) is 2. The minimum Gasteiger partial charge on any atom is -0.497 e. The Bertz CT molecular complexity index is 744. The molecule has 0 heterocycles. The van der Waals surface area contributed by atoms with Gasteiger partial charge in [0.05, 0.1) is 18.2 Å². The van der Waals surface area contributed by atoms with Gasteiger partial charge in [0.1, 0.15) is 11.5 Å². The highest BCUT2D eigenvalue weighted by atomic mass is 16.6. The van der Waals surface area contributed by atoms with Gasteiger partial charge in [-0.3, -0.25) is 14.9 Å². The van der Waals surface area contributed by atoms with Gasteiger partial charge in [0.25, 0.3) is 11.6 Å². The van der Waals surface area contributed by atoms with Gasteiger partial charge in [0.15, 0.2) is 6.61 Å². The third-order valence-corrected chi connectivity index (χ3v) is 2.91. The van der Waals surface area contributed by atoms with E-state index in [9.17, 15) is 14.9 Å². The van der Waals surface area contributed by atoms with Crippen LogP contribution in [0.15, 0.2) is 53.6 Å². The number of non-ortho nitro benzene ring substituents is 1. The van der Waals surface area contributed by atoms with E-state index < -0.39 is 10.8 Å².